The molecule has 0 saturated carbocycles. The highest BCUT2D eigenvalue weighted by atomic mass is 32.2. The summed E-state index contributed by atoms with van der Waals surface area (Å²) in [5, 5.41) is 3.40. The summed E-state index contributed by atoms with van der Waals surface area (Å²) in [7, 11) is 1.66. The van der Waals surface area contributed by atoms with Crippen LogP contribution in [0.25, 0.3) is 0 Å². The number of nitrogens with zero attached hydrogens (tertiary/aromatic N) is 1. The fourth-order valence-electron chi connectivity index (χ4n) is 2.70. The summed E-state index contributed by atoms with van der Waals surface area (Å²) in [4.78, 5) is 17.6. The Bertz CT molecular complexity index is 635. The van der Waals surface area contributed by atoms with Gasteiger partial charge in [0.1, 0.15) is 5.75 Å². The molecule has 0 bridgehead atoms. The number of hydrogen-bond acceptors (Lipinski definition) is 5. The van der Waals surface area contributed by atoms with Gasteiger partial charge in [0.2, 0.25) is 0 Å². The van der Waals surface area contributed by atoms with Gasteiger partial charge >= 0.3 is 0 Å². The molecular weight excluding hydrogens is 296 g/mol. The van der Waals surface area contributed by atoms with Crippen LogP contribution < -0.4 is 10.1 Å². The molecule has 4 nitrogen and oxygen atoms in total. The molecule has 0 aromatic heterocycles. The summed E-state index contributed by atoms with van der Waals surface area (Å²) in [5.41, 5.74) is 3.26. The summed E-state index contributed by atoms with van der Waals surface area (Å²) in [6, 6.07) is 7.74. The lowest BCUT2D eigenvalue weighted by molar-refractivity contribution is -0.118. The third kappa shape index (κ3) is 3.19. The second kappa shape index (κ2) is 6.57. The molecule has 1 unspecified atom stereocenters. The van der Waals surface area contributed by atoms with Crippen LogP contribution in [0, 0.1) is 0 Å². The highest BCUT2D eigenvalue weighted by molar-refractivity contribution is 8.04. The molecule has 0 radical (unpaired) electrons. The van der Waals surface area contributed by atoms with Gasteiger partial charge in [0.15, 0.2) is 5.78 Å². The van der Waals surface area contributed by atoms with Crippen molar-refractivity contribution in [2.75, 3.05) is 12.9 Å². The highest BCUT2D eigenvalue weighted by Crippen LogP contribution is 2.35. The molecule has 1 aromatic rings. The maximum absolute atomic E-state index is 11.6. The van der Waals surface area contributed by atoms with Crippen LogP contribution in [-0.2, 0) is 4.79 Å². The number of benzene rings is 1. The third-order valence-corrected chi connectivity index (χ3v) is 5.22. The number of allylic oxidation sites excluding steroid dienone is 2. The van der Waals surface area contributed by atoms with Gasteiger partial charge in [-0.2, -0.15) is 0 Å². The molecule has 1 aliphatic carbocycles. The fraction of sp³-hybridized carbons (Fsp3) is 0.412. The van der Waals surface area contributed by atoms with Crippen molar-refractivity contribution >= 4 is 28.9 Å². The van der Waals surface area contributed by atoms with E-state index in [1.54, 1.807) is 25.8 Å². The zero-order chi connectivity index (χ0) is 15.5. The maximum atomic E-state index is 11.6. The minimum atomic E-state index is -0.0518. The van der Waals surface area contributed by atoms with Gasteiger partial charge in [-0.3, -0.25) is 9.79 Å². The average Bonchev–Trinajstić information content (AvgIpc) is 2.55. The predicted molar refractivity (Wildman–Crippen MR) is 91.0 cm³/mol. The molecule has 1 aromatic carbocycles. The van der Waals surface area contributed by atoms with Gasteiger partial charge in [0.25, 0.3) is 0 Å². The molecule has 2 aliphatic rings. The van der Waals surface area contributed by atoms with E-state index in [4.69, 9.17) is 9.73 Å². The smallest absolute Gasteiger partial charge is 0.152 e. The number of carbonyl (C=O) groups excluding carboxylic acids is 1. The first-order valence-electron chi connectivity index (χ1n) is 7.52. The van der Waals surface area contributed by atoms with Crippen LogP contribution in [0.1, 0.15) is 26.2 Å². The summed E-state index contributed by atoms with van der Waals surface area (Å²) < 4.78 is 5.18. The van der Waals surface area contributed by atoms with E-state index in [9.17, 15) is 4.79 Å². The minimum Gasteiger partial charge on any atom is -0.497 e. The first kappa shape index (κ1) is 15.2. The lowest BCUT2D eigenvalue weighted by atomic mass is 10.0. The zero-order valence-corrected chi connectivity index (χ0v) is 13.7. The summed E-state index contributed by atoms with van der Waals surface area (Å²) in [5.74, 6) is 1.83. The molecule has 0 saturated heterocycles. The summed E-state index contributed by atoms with van der Waals surface area (Å²) in [6.45, 7) is 1.65. The number of methoxy groups -OCH3 is 1. The van der Waals surface area contributed by atoms with Crippen molar-refractivity contribution in [1.82, 2.24) is 5.32 Å². The Hall–Kier alpha value is -1.75. The molecule has 1 heterocycles. The summed E-state index contributed by atoms with van der Waals surface area (Å²) in [6.07, 6.45) is 3.07. The van der Waals surface area contributed by atoms with Crippen LogP contribution in [0.4, 0.5) is 5.69 Å². The van der Waals surface area contributed by atoms with Crippen molar-refractivity contribution in [3.05, 3.63) is 34.9 Å². The number of Topliss-reactive ketones (excluding diaryl/α,β-unsaturated/α-hetero) is 1. The van der Waals surface area contributed by atoms with Gasteiger partial charge in [0.05, 0.1) is 24.6 Å². The molecule has 116 valence electrons. The normalized spacial score (nSPS) is 23.0. The van der Waals surface area contributed by atoms with Crippen molar-refractivity contribution in [3.8, 4) is 5.75 Å². The lowest BCUT2D eigenvalue weighted by Gasteiger charge is -2.31. The Morgan fingerprint density at radius 3 is 2.77 bits per heavy atom. The SMILES string of the molecule is COc1ccc(/N=C2\CCCC3=C2SCC(C(C)=O)N3)cc1. The van der Waals surface area contributed by atoms with Crippen molar-refractivity contribution in [1.29, 1.82) is 0 Å². The first-order chi connectivity index (χ1) is 10.7. The quantitative estimate of drug-likeness (QED) is 0.928. The lowest BCUT2D eigenvalue weighted by Crippen LogP contribution is -2.41. The first-order valence-corrected chi connectivity index (χ1v) is 8.51. The number of ether oxygens (including phenoxy) is 1. The minimum absolute atomic E-state index is 0.0518. The Kier molecular flexibility index (Phi) is 4.52. The topological polar surface area (TPSA) is 50.7 Å². The van der Waals surface area contributed by atoms with Gasteiger partial charge in [-0.1, -0.05) is 0 Å². The number of ketones is 1. The van der Waals surface area contributed by atoms with E-state index in [1.165, 1.54) is 10.6 Å². The van der Waals surface area contributed by atoms with E-state index in [-0.39, 0.29) is 11.8 Å². The molecular formula is C17H20N2O2S. The Morgan fingerprint density at radius 1 is 1.32 bits per heavy atom. The molecule has 1 aliphatic heterocycles. The largest absolute Gasteiger partial charge is 0.497 e. The average molecular weight is 316 g/mol. The number of carbonyl (C=O) groups is 1. The van der Waals surface area contributed by atoms with Crippen LogP contribution in [-0.4, -0.2) is 30.4 Å². The van der Waals surface area contributed by atoms with E-state index < -0.39 is 0 Å². The molecule has 1 atom stereocenters. The number of aliphatic imine (C=N–C) groups is 1. The predicted octanol–water partition coefficient (Wildman–Crippen LogP) is 3.46. The fourth-order valence-corrected chi connectivity index (χ4v) is 4.00. The van der Waals surface area contributed by atoms with Gasteiger partial charge in [0, 0.05) is 16.4 Å². The number of rotatable bonds is 3. The summed E-state index contributed by atoms with van der Waals surface area (Å²) >= 11 is 1.76. The number of thioether (sulfide) groups is 1. The molecule has 1 N–H and O–H groups in total. The van der Waals surface area contributed by atoms with Crippen molar-refractivity contribution < 1.29 is 9.53 Å². The second-order valence-electron chi connectivity index (χ2n) is 5.54. The third-order valence-electron chi connectivity index (χ3n) is 3.95. The van der Waals surface area contributed by atoms with E-state index in [0.717, 1.165) is 42.2 Å². The van der Waals surface area contributed by atoms with Gasteiger partial charge < -0.3 is 10.1 Å². The van der Waals surface area contributed by atoms with E-state index in [1.807, 2.05) is 24.3 Å². The van der Waals surface area contributed by atoms with Gasteiger partial charge in [-0.25, -0.2) is 0 Å². The van der Waals surface area contributed by atoms with Crippen LogP contribution in [0.5, 0.6) is 5.75 Å². The molecule has 0 spiro atoms. The molecule has 0 fully saturated rings. The number of nitrogens with one attached hydrogen (secondary N) is 1. The zero-order valence-electron chi connectivity index (χ0n) is 12.9. The Morgan fingerprint density at radius 2 is 2.09 bits per heavy atom. The van der Waals surface area contributed by atoms with Crippen LogP contribution in [0.2, 0.25) is 0 Å². The molecule has 22 heavy (non-hydrogen) atoms. The monoisotopic (exact) mass is 316 g/mol. The van der Waals surface area contributed by atoms with E-state index in [0.29, 0.717) is 0 Å². The van der Waals surface area contributed by atoms with Crippen molar-refractivity contribution in [2.24, 2.45) is 4.99 Å². The van der Waals surface area contributed by atoms with E-state index in [2.05, 4.69) is 5.32 Å². The second-order valence-corrected chi connectivity index (χ2v) is 6.57. The van der Waals surface area contributed by atoms with Crippen molar-refractivity contribution in [2.45, 2.75) is 32.2 Å². The van der Waals surface area contributed by atoms with E-state index >= 15 is 0 Å². The Labute approximate surface area is 135 Å². The van der Waals surface area contributed by atoms with Gasteiger partial charge in [-0.15, -0.1) is 11.8 Å². The van der Waals surface area contributed by atoms with Crippen molar-refractivity contribution in [3.63, 3.8) is 0 Å². The van der Waals surface area contributed by atoms with Crippen LogP contribution in [0.15, 0.2) is 39.9 Å². The standard InChI is InChI=1S/C17H20N2O2S/c1-11(20)16-10-22-17-14(4-3-5-15(17)19-16)18-12-6-8-13(21-2)9-7-12/h6-9,16,19H,3-5,10H2,1-2H3/b18-14+. The molecule has 5 heteroatoms. The van der Waals surface area contributed by atoms with Crippen LogP contribution in [0.3, 0.4) is 0 Å². The highest BCUT2D eigenvalue weighted by Gasteiger charge is 2.28. The Balaban J connectivity index is 1.85. The maximum Gasteiger partial charge on any atom is 0.152 e. The van der Waals surface area contributed by atoms with Gasteiger partial charge in [-0.05, 0) is 50.5 Å². The van der Waals surface area contributed by atoms with Crippen LogP contribution >= 0.6 is 11.8 Å². The molecule has 0 amide bonds. The number of hydrogen-bond donors (Lipinski definition) is 1. The molecule has 3 rings (SSSR count).